The Labute approximate surface area is 130 Å². The van der Waals surface area contributed by atoms with E-state index in [4.69, 9.17) is 4.42 Å². The topological polar surface area (TPSA) is 13.1 Å². The van der Waals surface area contributed by atoms with Crippen molar-refractivity contribution in [3.8, 4) is 11.1 Å². The molecule has 0 aliphatic rings. The van der Waals surface area contributed by atoms with Gasteiger partial charge in [0.15, 0.2) is 0 Å². The quantitative estimate of drug-likeness (QED) is 0.403. The molecule has 114 valence electrons. The number of furan rings is 1. The summed E-state index contributed by atoms with van der Waals surface area (Å²) < 4.78 is 43.7. The Morgan fingerprint density at radius 1 is 0.739 bits per heavy atom. The number of alkyl halides is 3. The summed E-state index contributed by atoms with van der Waals surface area (Å²) in [4.78, 5) is 0. The van der Waals surface area contributed by atoms with Crippen LogP contribution in [0, 0.1) is 0 Å². The zero-order valence-electron chi connectivity index (χ0n) is 11.9. The second-order valence-corrected chi connectivity index (χ2v) is 5.39. The van der Waals surface area contributed by atoms with Gasteiger partial charge in [0.1, 0.15) is 5.58 Å². The van der Waals surface area contributed by atoms with Gasteiger partial charge in [0.25, 0.3) is 0 Å². The molecule has 4 rings (SSSR count). The number of fused-ring (bicyclic) bond motifs is 3. The largest absolute Gasteiger partial charge is 0.463 e. The lowest BCUT2D eigenvalue weighted by Crippen LogP contribution is -2.03. The first-order chi connectivity index (χ1) is 11.0. The first-order valence-electron chi connectivity index (χ1n) is 7.10. The van der Waals surface area contributed by atoms with E-state index >= 15 is 0 Å². The molecule has 0 unspecified atom stereocenters. The normalized spacial score (nSPS) is 12.1. The van der Waals surface area contributed by atoms with Crippen LogP contribution in [0.3, 0.4) is 0 Å². The monoisotopic (exact) mass is 312 g/mol. The van der Waals surface area contributed by atoms with Crippen LogP contribution >= 0.6 is 0 Å². The Morgan fingerprint density at radius 3 is 2.22 bits per heavy atom. The highest BCUT2D eigenvalue weighted by molar-refractivity contribution is 6.09. The minimum absolute atomic E-state index is 0.653. The molecule has 23 heavy (non-hydrogen) atoms. The molecule has 0 radical (unpaired) electrons. The standard InChI is InChI=1S/C19H11F3O/c20-19(21,22)14-8-5-13(6-9-14)17-11-23-18-15-4-2-1-3-12(15)7-10-16(17)18/h1-11H. The van der Waals surface area contributed by atoms with Crippen molar-refractivity contribution in [3.05, 3.63) is 72.5 Å². The SMILES string of the molecule is FC(F)(F)c1ccc(-c2coc3c2ccc2ccccc23)cc1. The summed E-state index contributed by atoms with van der Waals surface area (Å²) in [6, 6.07) is 16.9. The van der Waals surface area contributed by atoms with Crippen LogP contribution in [0.4, 0.5) is 13.2 Å². The summed E-state index contributed by atoms with van der Waals surface area (Å²) in [5, 5.41) is 2.94. The molecule has 3 aromatic carbocycles. The highest BCUT2D eigenvalue weighted by Gasteiger charge is 2.30. The minimum atomic E-state index is -4.33. The highest BCUT2D eigenvalue weighted by Crippen LogP contribution is 2.36. The second-order valence-electron chi connectivity index (χ2n) is 5.39. The van der Waals surface area contributed by atoms with Gasteiger partial charge >= 0.3 is 6.18 Å². The summed E-state index contributed by atoms with van der Waals surface area (Å²) in [5.41, 5.74) is 1.59. The van der Waals surface area contributed by atoms with E-state index in [0.29, 0.717) is 5.56 Å². The zero-order chi connectivity index (χ0) is 16.0. The maximum Gasteiger partial charge on any atom is 0.416 e. The van der Waals surface area contributed by atoms with Crippen molar-refractivity contribution in [2.75, 3.05) is 0 Å². The third-order valence-electron chi connectivity index (χ3n) is 3.99. The third kappa shape index (κ3) is 2.27. The van der Waals surface area contributed by atoms with Crippen molar-refractivity contribution in [3.63, 3.8) is 0 Å². The minimum Gasteiger partial charge on any atom is -0.463 e. The van der Waals surface area contributed by atoms with Crippen molar-refractivity contribution < 1.29 is 17.6 Å². The van der Waals surface area contributed by atoms with Crippen LogP contribution in [0.25, 0.3) is 32.9 Å². The maximum absolute atomic E-state index is 12.7. The van der Waals surface area contributed by atoms with Crippen LogP contribution in [0.2, 0.25) is 0 Å². The fourth-order valence-corrected chi connectivity index (χ4v) is 2.83. The van der Waals surface area contributed by atoms with E-state index in [2.05, 4.69) is 0 Å². The van der Waals surface area contributed by atoms with Gasteiger partial charge in [0.05, 0.1) is 11.8 Å². The van der Waals surface area contributed by atoms with Gasteiger partial charge in [-0.2, -0.15) is 13.2 Å². The Kier molecular flexibility index (Phi) is 2.94. The molecule has 0 bridgehead atoms. The van der Waals surface area contributed by atoms with Gasteiger partial charge in [-0.25, -0.2) is 0 Å². The van der Waals surface area contributed by atoms with Gasteiger partial charge < -0.3 is 4.42 Å². The van der Waals surface area contributed by atoms with Gasteiger partial charge in [-0.1, -0.05) is 42.5 Å². The second kappa shape index (κ2) is 4.88. The van der Waals surface area contributed by atoms with E-state index in [1.165, 1.54) is 12.1 Å². The molecule has 4 heteroatoms. The summed E-state index contributed by atoms with van der Waals surface area (Å²) in [7, 11) is 0. The molecule has 0 N–H and O–H groups in total. The molecule has 1 aromatic heterocycles. The number of hydrogen-bond acceptors (Lipinski definition) is 1. The van der Waals surface area contributed by atoms with Crippen molar-refractivity contribution in [2.45, 2.75) is 6.18 Å². The average Bonchev–Trinajstić information content (AvgIpc) is 2.98. The van der Waals surface area contributed by atoms with Crippen molar-refractivity contribution in [1.29, 1.82) is 0 Å². The highest BCUT2D eigenvalue weighted by atomic mass is 19.4. The van der Waals surface area contributed by atoms with E-state index in [-0.39, 0.29) is 0 Å². The molecule has 0 fully saturated rings. The molecule has 0 amide bonds. The molecule has 0 aliphatic heterocycles. The van der Waals surface area contributed by atoms with E-state index in [1.54, 1.807) is 6.26 Å². The van der Waals surface area contributed by atoms with Gasteiger partial charge in [-0.15, -0.1) is 0 Å². The molecule has 1 nitrogen and oxygen atoms in total. The first kappa shape index (κ1) is 13.9. The number of halogens is 3. The number of benzene rings is 3. The lowest BCUT2D eigenvalue weighted by Gasteiger charge is -2.07. The molecule has 1 heterocycles. The lowest BCUT2D eigenvalue weighted by molar-refractivity contribution is -0.137. The van der Waals surface area contributed by atoms with Gasteiger partial charge in [0.2, 0.25) is 0 Å². The molecular weight excluding hydrogens is 301 g/mol. The summed E-state index contributed by atoms with van der Waals surface area (Å²) >= 11 is 0. The van der Waals surface area contributed by atoms with Crippen LogP contribution in [0.5, 0.6) is 0 Å². The summed E-state index contributed by atoms with van der Waals surface area (Å²) in [6.45, 7) is 0. The first-order valence-corrected chi connectivity index (χ1v) is 7.10. The van der Waals surface area contributed by atoms with Crippen LogP contribution in [-0.4, -0.2) is 0 Å². The Balaban J connectivity index is 1.88. The van der Waals surface area contributed by atoms with Crippen molar-refractivity contribution in [2.24, 2.45) is 0 Å². The van der Waals surface area contributed by atoms with Crippen LogP contribution < -0.4 is 0 Å². The molecule has 0 atom stereocenters. The third-order valence-corrected chi connectivity index (χ3v) is 3.99. The molecule has 0 aliphatic carbocycles. The Bertz CT molecular complexity index is 995. The predicted octanol–water partition coefficient (Wildman–Crippen LogP) is 6.27. The lowest BCUT2D eigenvalue weighted by atomic mass is 10.0. The van der Waals surface area contributed by atoms with E-state index in [1.807, 2.05) is 36.4 Å². The smallest absolute Gasteiger partial charge is 0.416 e. The van der Waals surface area contributed by atoms with Gasteiger partial charge in [-0.3, -0.25) is 0 Å². The maximum atomic E-state index is 12.7. The average molecular weight is 312 g/mol. The van der Waals surface area contributed by atoms with Crippen molar-refractivity contribution >= 4 is 21.7 Å². The summed E-state index contributed by atoms with van der Waals surface area (Å²) in [5.74, 6) is 0. The van der Waals surface area contributed by atoms with E-state index in [9.17, 15) is 13.2 Å². The molecule has 0 saturated carbocycles. The molecular formula is C19H11F3O. The predicted molar refractivity (Wildman–Crippen MR) is 84.2 cm³/mol. The number of rotatable bonds is 1. The zero-order valence-corrected chi connectivity index (χ0v) is 11.9. The molecule has 0 saturated heterocycles. The van der Waals surface area contributed by atoms with E-state index < -0.39 is 11.7 Å². The van der Waals surface area contributed by atoms with Crippen molar-refractivity contribution in [1.82, 2.24) is 0 Å². The fourth-order valence-electron chi connectivity index (χ4n) is 2.83. The van der Waals surface area contributed by atoms with Gasteiger partial charge in [0, 0.05) is 16.3 Å². The summed E-state index contributed by atoms with van der Waals surface area (Å²) in [6.07, 6.45) is -2.73. The fraction of sp³-hybridized carbons (Fsp3) is 0.0526. The molecule has 0 spiro atoms. The van der Waals surface area contributed by atoms with Crippen LogP contribution in [0.15, 0.2) is 71.3 Å². The molecule has 4 aromatic rings. The van der Waals surface area contributed by atoms with Gasteiger partial charge in [-0.05, 0) is 29.1 Å². The Hall–Kier alpha value is -2.75. The van der Waals surface area contributed by atoms with Crippen LogP contribution in [0.1, 0.15) is 5.56 Å². The van der Waals surface area contributed by atoms with E-state index in [0.717, 1.165) is 39.4 Å². The van der Waals surface area contributed by atoms with Crippen LogP contribution in [-0.2, 0) is 6.18 Å². The number of hydrogen-bond donors (Lipinski definition) is 0. The Morgan fingerprint density at radius 2 is 1.48 bits per heavy atom.